The van der Waals surface area contributed by atoms with Crippen LogP contribution < -0.4 is 10.1 Å². The molecule has 1 saturated heterocycles. The molecule has 0 spiro atoms. The van der Waals surface area contributed by atoms with Crippen LogP contribution in [0.4, 0.5) is 14.5 Å². The molecule has 6 nitrogen and oxygen atoms in total. The second-order valence-corrected chi connectivity index (χ2v) is 7.11. The summed E-state index contributed by atoms with van der Waals surface area (Å²) in [4.78, 5) is 28.4. The van der Waals surface area contributed by atoms with Crippen LogP contribution in [-0.2, 0) is 9.53 Å². The Labute approximate surface area is 167 Å². The second kappa shape index (κ2) is 8.24. The fourth-order valence-electron chi connectivity index (χ4n) is 3.61. The zero-order valence-corrected chi connectivity index (χ0v) is 16.5. The average Bonchev–Trinajstić information content (AvgIpc) is 2.99. The number of ketones is 1. The van der Waals surface area contributed by atoms with Gasteiger partial charge in [-0.05, 0) is 31.0 Å². The van der Waals surface area contributed by atoms with Crippen molar-refractivity contribution in [2.75, 3.05) is 12.4 Å². The van der Waals surface area contributed by atoms with Crippen molar-refractivity contribution in [3.63, 3.8) is 0 Å². The monoisotopic (exact) mass is 404 g/mol. The number of Topliss-reactive ketones (excluding diaryl/α,β-unsaturated/α-hetero) is 1. The number of rotatable bonds is 5. The number of methoxy groups -OCH3 is 1. The molecule has 0 saturated carbocycles. The van der Waals surface area contributed by atoms with Crippen LogP contribution in [0.15, 0.2) is 30.5 Å². The molecule has 4 atom stereocenters. The third-order valence-electron chi connectivity index (χ3n) is 5.28. The number of carbonyl (C=O) groups excluding carboxylic acids is 2. The number of benzene rings is 1. The molecule has 0 aliphatic carbocycles. The molecular formula is C21H22F2N2O4. The van der Waals surface area contributed by atoms with Crippen LogP contribution in [0.25, 0.3) is 0 Å². The van der Waals surface area contributed by atoms with E-state index < -0.39 is 29.6 Å². The van der Waals surface area contributed by atoms with E-state index in [0.717, 1.165) is 6.07 Å². The van der Waals surface area contributed by atoms with Gasteiger partial charge in [-0.3, -0.25) is 14.6 Å². The number of aromatic nitrogens is 1. The molecule has 0 bridgehead atoms. The van der Waals surface area contributed by atoms with Crippen molar-refractivity contribution < 1.29 is 27.8 Å². The maximum atomic E-state index is 14.3. The maximum absolute atomic E-state index is 14.3. The molecule has 8 heteroatoms. The minimum absolute atomic E-state index is 0.158. The van der Waals surface area contributed by atoms with Gasteiger partial charge in [0.15, 0.2) is 17.3 Å². The fraction of sp³-hybridized carbons (Fsp3) is 0.381. The van der Waals surface area contributed by atoms with Gasteiger partial charge in [0, 0.05) is 30.3 Å². The zero-order chi connectivity index (χ0) is 21.3. The quantitative estimate of drug-likeness (QED) is 0.769. The number of carbonyl (C=O) groups is 2. The van der Waals surface area contributed by atoms with E-state index >= 15 is 0 Å². The number of amides is 1. The SMILES string of the molecule is COc1c([C@@H]2[C@@H](C)[C@H](C)O[C@H]2C(=O)Nc2ccnc(C(C)=O)c2)ccc(F)c1F. The van der Waals surface area contributed by atoms with Gasteiger partial charge in [0.05, 0.1) is 13.2 Å². The number of hydrogen-bond acceptors (Lipinski definition) is 5. The van der Waals surface area contributed by atoms with Crippen LogP contribution >= 0.6 is 0 Å². The van der Waals surface area contributed by atoms with E-state index in [9.17, 15) is 18.4 Å². The lowest BCUT2D eigenvalue weighted by Crippen LogP contribution is -2.33. The van der Waals surface area contributed by atoms with E-state index in [2.05, 4.69) is 10.3 Å². The molecule has 1 fully saturated rings. The number of nitrogens with zero attached hydrogens (tertiary/aromatic N) is 1. The van der Waals surface area contributed by atoms with Gasteiger partial charge >= 0.3 is 0 Å². The zero-order valence-electron chi connectivity index (χ0n) is 16.5. The summed E-state index contributed by atoms with van der Waals surface area (Å²) in [6, 6.07) is 5.45. The highest BCUT2D eigenvalue weighted by molar-refractivity contribution is 5.97. The molecule has 0 unspecified atom stereocenters. The number of hydrogen-bond donors (Lipinski definition) is 1. The van der Waals surface area contributed by atoms with E-state index in [0.29, 0.717) is 11.3 Å². The van der Waals surface area contributed by atoms with Crippen molar-refractivity contribution in [3.05, 3.63) is 53.4 Å². The number of anilines is 1. The molecule has 1 aliphatic rings. The topological polar surface area (TPSA) is 77.5 Å². The first-order valence-electron chi connectivity index (χ1n) is 9.19. The highest BCUT2D eigenvalue weighted by atomic mass is 19.2. The Bertz CT molecular complexity index is 950. The van der Waals surface area contributed by atoms with Gasteiger partial charge in [0.1, 0.15) is 11.8 Å². The molecule has 1 aliphatic heterocycles. The third-order valence-corrected chi connectivity index (χ3v) is 5.28. The van der Waals surface area contributed by atoms with Crippen molar-refractivity contribution in [1.82, 2.24) is 4.98 Å². The molecule has 2 heterocycles. The summed E-state index contributed by atoms with van der Waals surface area (Å²) in [5.41, 5.74) is 0.972. The first-order valence-corrected chi connectivity index (χ1v) is 9.19. The minimum atomic E-state index is -1.10. The summed E-state index contributed by atoms with van der Waals surface area (Å²) >= 11 is 0. The van der Waals surface area contributed by atoms with Crippen molar-refractivity contribution in [3.8, 4) is 5.75 Å². The lowest BCUT2D eigenvalue weighted by atomic mass is 9.82. The van der Waals surface area contributed by atoms with Gasteiger partial charge in [0.25, 0.3) is 5.91 Å². The molecule has 1 aromatic heterocycles. The number of nitrogens with one attached hydrogen (secondary N) is 1. The Balaban J connectivity index is 1.94. The van der Waals surface area contributed by atoms with Gasteiger partial charge in [-0.1, -0.05) is 13.0 Å². The van der Waals surface area contributed by atoms with Crippen LogP contribution in [0.5, 0.6) is 5.75 Å². The summed E-state index contributed by atoms with van der Waals surface area (Å²) in [5, 5.41) is 2.72. The van der Waals surface area contributed by atoms with Crippen LogP contribution in [0, 0.1) is 17.6 Å². The van der Waals surface area contributed by atoms with Crippen LogP contribution in [0.2, 0.25) is 0 Å². The van der Waals surface area contributed by atoms with Crippen LogP contribution in [0.1, 0.15) is 42.7 Å². The maximum Gasteiger partial charge on any atom is 0.254 e. The number of halogens is 2. The normalized spacial score (nSPS) is 23.7. The van der Waals surface area contributed by atoms with Crippen LogP contribution in [0.3, 0.4) is 0 Å². The lowest BCUT2D eigenvalue weighted by molar-refractivity contribution is -0.127. The molecule has 3 rings (SSSR count). The first kappa shape index (κ1) is 20.9. The molecule has 2 aromatic rings. The second-order valence-electron chi connectivity index (χ2n) is 7.11. The van der Waals surface area contributed by atoms with E-state index in [1.54, 1.807) is 6.07 Å². The van der Waals surface area contributed by atoms with E-state index in [1.807, 2.05) is 13.8 Å². The molecule has 0 radical (unpaired) electrons. The van der Waals surface area contributed by atoms with Crippen LogP contribution in [-0.4, -0.2) is 36.0 Å². The summed E-state index contributed by atoms with van der Waals surface area (Å²) in [6.45, 7) is 5.07. The van der Waals surface area contributed by atoms with Gasteiger partial charge in [-0.15, -0.1) is 0 Å². The van der Waals surface area contributed by atoms with Gasteiger partial charge < -0.3 is 14.8 Å². The first-order chi connectivity index (χ1) is 13.7. The Kier molecular flexibility index (Phi) is 5.93. The summed E-state index contributed by atoms with van der Waals surface area (Å²) in [5.74, 6) is -3.77. The van der Waals surface area contributed by atoms with Crippen molar-refractivity contribution in [2.45, 2.75) is 38.9 Å². The Hall–Kier alpha value is -2.87. The molecule has 29 heavy (non-hydrogen) atoms. The van der Waals surface area contributed by atoms with Crippen molar-refractivity contribution in [1.29, 1.82) is 0 Å². The molecular weight excluding hydrogens is 382 g/mol. The molecule has 1 N–H and O–H groups in total. The van der Waals surface area contributed by atoms with E-state index in [1.165, 1.54) is 32.4 Å². The highest BCUT2D eigenvalue weighted by Gasteiger charge is 2.46. The predicted molar refractivity (Wildman–Crippen MR) is 102 cm³/mol. The Morgan fingerprint density at radius 2 is 1.93 bits per heavy atom. The smallest absolute Gasteiger partial charge is 0.254 e. The van der Waals surface area contributed by atoms with Gasteiger partial charge in [0.2, 0.25) is 5.82 Å². The molecule has 1 amide bonds. The Morgan fingerprint density at radius 1 is 1.21 bits per heavy atom. The van der Waals surface area contributed by atoms with Crippen molar-refractivity contribution >= 4 is 17.4 Å². The third kappa shape index (κ3) is 3.98. The summed E-state index contributed by atoms with van der Waals surface area (Å²) in [6.07, 6.45) is 0.176. The summed E-state index contributed by atoms with van der Waals surface area (Å²) in [7, 11) is 1.25. The fourth-order valence-corrected chi connectivity index (χ4v) is 3.61. The predicted octanol–water partition coefficient (Wildman–Crippen LogP) is 3.72. The average molecular weight is 404 g/mol. The number of ether oxygens (including phenoxy) is 2. The molecule has 1 aromatic carbocycles. The van der Waals surface area contributed by atoms with Crippen molar-refractivity contribution in [2.24, 2.45) is 5.92 Å². The lowest BCUT2D eigenvalue weighted by Gasteiger charge is -2.23. The van der Waals surface area contributed by atoms with E-state index in [-0.39, 0.29) is 29.2 Å². The molecule has 154 valence electrons. The van der Waals surface area contributed by atoms with Gasteiger partial charge in [-0.25, -0.2) is 4.39 Å². The Morgan fingerprint density at radius 3 is 2.59 bits per heavy atom. The van der Waals surface area contributed by atoms with E-state index in [4.69, 9.17) is 9.47 Å². The summed E-state index contributed by atoms with van der Waals surface area (Å²) < 4.78 is 38.9. The highest BCUT2D eigenvalue weighted by Crippen LogP contribution is 2.44. The van der Waals surface area contributed by atoms with Gasteiger partial charge in [-0.2, -0.15) is 4.39 Å². The standard InChI is InChI=1S/C21H22F2N2O4/c1-10-12(3)29-20(17(10)14-5-6-15(22)18(23)19(14)28-4)21(27)25-13-7-8-24-16(9-13)11(2)26/h5-10,12,17,20H,1-4H3,(H,24,25,27)/t10-,12-,17-,20+/m0/s1. The number of pyridine rings is 1. The minimum Gasteiger partial charge on any atom is -0.493 e. The largest absolute Gasteiger partial charge is 0.493 e.